The Balaban J connectivity index is 1.88. The molecule has 62 valence electrons. The number of fused-ring (bicyclic) bond motifs is 1. The van der Waals surface area contributed by atoms with Gasteiger partial charge in [-0.3, -0.25) is 4.79 Å². The first-order valence-corrected chi connectivity index (χ1v) is 4.81. The highest BCUT2D eigenvalue weighted by atomic mass is 32.2. The van der Waals surface area contributed by atoms with Crippen LogP contribution < -0.4 is 0 Å². The molecule has 2 heterocycles. The van der Waals surface area contributed by atoms with Crippen LogP contribution >= 0.6 is 11.8 Å². The first-order valence-electron chi connectivity index (χ1n) is 3.87. The maximum absolute atomic E-state index is 10.9. The Kier molecular flexibility index (Phi) is 1.81. The van der Waals surface area contributed by atoms with Crippen LogP contribution in [0, 0.1) is 0 Å². The standard InChI is InChI=1S/C7H11NO2S/c9-2-1-5-4-8-6(10)3-7(8)11-5/h5,7,9H,1-4H2/t5?,7-/m1/s1. The topological polar surface area (TPSA) is 40.5 Å². The molecule has 0 aromatic carbocycles. The molecular weight excluding hydrogens is 162 g/mol. The molecule has 0 aromatic rings. The van der Waals surface area contributed by atoms with Gasteiger partial charge in [0.2, 0.25) is 5.91 Å². The Bertz CT molecular complexity index is 185. The Morgan fingerprint density at radius 3 is 3.09 bits per heavy atom. The van der Waals surface area contributed by atoms with Crippen molar-refractivity contribution in [2.24, 2.45) is 0 Å². The molecule has 0 bridgehead atoms. The van der Waals surface area contributed by atoms with Crippen LogP contribution in [0.3, 0.4) is 0 Å². The molecule has 4 heteroatoms. The van der Waals surface area contributed by atoms with Gasteiger partial charge in [0.25, 0.3) is 0 Å². The molecule has 3 nitrogen and oxygen atoms in total. The maximum atomic E-state index is 10.9. The molecule has 0 aromatic heterocycles. The Morgan fingerprint density at radius 2 is 2.55 bits per heavy atom. The van der Waals surface area contributed by atoms with E-state index < -0.39 is 0 Å². The first-order chi connectivity index (χ1) is 5.31. The van der Waals surface area contributed by atoms with Crippen molar-refractivity contribution in [1.82, 2.24) is 4.90 Å². The van der Waals surface area contributed by atoms with E-state index in [1.807, 2.05) is 16.7 Å². The number of nitrogens with zero attached hydrogens (tertiary/aromatic N) is 1. The van der Waals surface area contributed by atoms with Crippen molar-refractivity contribution in [3.63, 3.8) is 0 Å². The minimum absolute atomic E-state index is 0.242. The average molecular weight is 173 g/mol. The van der Waals surface area contributed by atoms with E-state index in [4.69, 9.17) is 5.11 Å². The van der Waals surface area contributed by atoms with Crippen LogP contribution in [0.15, 0.2) is 0 Å². The third-order valence-electron chi connectivity index (χ3n) is 2.22. The Labute approximate surface area is 69.8 Å². The van der Waals surface area contributed by atoms with Gasteiger partial charge in [-0.15, -0.1) is 11.8 Å². The molecular formula is C7H11NO2S. The van der Waals surface area contributed by atoms with Crippen molar-refractivity contribution in [2.75, 3.05) is 13.2 Å². The summed E-state index contributed by atoms with van der Waals surface area (Å²) in [5.74, 6) is 0.280. The van der Waals surface area contributed by atoms with Crippen molar-refractivity contribution in [3.05, 3.63) is 0 Å². The number of aliphatic hydroxyl groups excluding tert-OH is 1. The minimum atomic E-state index is 0.242. The molecule has 2 rings (SSSR count). The smallest absolute Gasteiger partial charge is 0.226 e. The number of carbonyl (C=O) groups is 1. The van der Waals surface area contributed by atoms with Crippen molar-refractivity contribution < 1.29 is 9.90 Å². The van der Waals surface area contributed by atoms with Gasteiger partial charge in [0.15, 0.2) is 0 Å². The van der Waals surface area contributed by atoms with Crippen LogP contribution in [0.1, 0.15) is 12.8 Å². The van der Waals surface area contributed by atoms with E-state index in [1.165, 1.54) is 0 Å². The van der Waals surface area contributed by atoms with Gasteiger partial charge in [0.05, 0.1) is 11.8 Å². The normalized spacial score (nSPS) is 35.4. The first kappa shape index (κ1) is 7.43. The summed E-state index contributed by atoms with van der Waals surface area (Å²) in [6.45, 7) is 1.10. The second-order valence-corrected chi connectivity index (χ2v) is 4.46. The van der Waals surface area contributed by atoms with E-state index in [1.54, 1.807) is 0 Å². The van der Waals surface area contributed by atoms with E-state index in [-0.39, 0.29) is 12.5 Å². The third kappa shape index (κ3) is 1.14. The fraction of sp³-hybridized carbons (Fsp3) is 0.857. The second-order valence-electron chi connectivity index (χ2n) is 2.98. The van der Waals surface area contributed by atoms with Gasteiger partial charge in [0.1, 0.15) is 0 Å². The Morgan fingerprint density at radius 1 is 1.73 bits per heavy atom. The van der Waals surface area contributed by atoms with Crippen LogP contribution in [-0.2, 0) is 4.79 Å². The van der Waals surface area contributed by atoms with Crippen LogP contribution in [0.2, 0.25) is 0 Å². The number of carbonyl (C=O) groups excluding carboxylic acids is 1. The number of hydrogen-bond acceptors (Lipinski definition) is 3. The van der Waals surface area contributed by atoms with E-state index in [0.717, 1.165) is 13.0 Å². The molecule has 0 spiro atoms. The van der Waals surface area contributed by atoms with Crippen LogP contribution in [0.5, 0.6) is 0 Å². The number of hydrogen-bond donors (Lipinski definition) is 1. The molecule has 1 N–H and O–H groups in total. The molecule has 2 fully saturated rings. The third-order valence-corrected chi connectivity index (χ3v) is 3.72. The summed E-state index contributed by atoms with van der Waals surface area (Å²) in [7, 11) is 0. The average Bonchev–Trinajstić information content (AvgIpc) is 2.29. The molecule has 11 heavy (non-hydrogen) atoms. The lowest BCUT2D eigenvalue weighted by Crippen LogP contribution is -2.47. The number of rotatable bonds is 2. The molecule has 1 amide bonds. The fourth-order valence-electron chi connectivity index (χ4n) is 1.55. The summed E-state index contributed by atoms with van der Waals surface area (Å²) in [6.07, 6.45) is 1.54. The number of amides is 1. The summed E-state index contributed by atoms with van der Waals surface area (Å²) in [6, 6.07) is 0. The van der Waals surface area contributed by atoms with Gasteiger partial charge >= 0.3 is 0 Å². The van der Waals surface area contributed by atoms with Crippen LogP contribution in [0.25, 0.3) is 0 Å². The number of aliphatic hydroxyl groups is 1. The molecule has 1 unspecified atom stereocenters. The van der Waals surface area contributed by atoms with Crippen molar-refractivity contribution in [2.45, 2.75) is 23.5 Å². The monoisotopic (exact) mass is 173 g/mol. The number of thioether (sulfide) groups is 1. The molecule has 2 saturated heterocycles. The van der Waals surface area contributed by atoms with Gasteiger partial charge < -0.3 is 10.0 Å². The minimum Gasteiger partial charge on any atom is -0.396 e. The summed E-state index contributed by atoms with van der Waals surface area (Å²) < 4.78 is 0. The molecule has 2 aliphatic heterocycles. The molecule has 0 saturated carbocycles. The lowest BCUT2D eigenvalue weighted by molar-refractivity contribution is -0.140. The van der Waals surface area contributed by atoms with Crippen LogP contribution in [-0.4, -0.2) is 39.7 Å². The quantitative estimate of drug-likeness (QED) is 0.599. The molecule has 0 aliphatic carbocycles. The molecule has 0 radical (unpaired) electrons. The van der Waals surface area contributed by atoms with E-state index in [0.29, 0.717) is 17.0 Å². The summed E-state index contributed by atoms with van der Waals surface area (Å²) >= 11 is 1.83. The van der Waals surface area contributed by atoms with Crippen molar-refractivity contribution >= 4 is 17.7 Å². The highest BCUT2D eigenvalue weighted by Gasteiger charge is 2.44. The van der Waals surface area contributed by atoms with E-state index in [9.17, 15) is 4.79 Å². The van der Waals surface area contributed by atoms with Crippen molar-refractivity contribution in [3.8, 4) is 0 Å². The highest BCUT2D eigenvalue weighted by Crippen LogP contribution is 2.40. The van der Waals surface area contributed by atoms with Crippen molar-refractivity contribution in [1.29, 1.82) is 0 Å². The van der Waals surface area contributed by atoms with Crippen LogP contribution in [0.4, 0.5) is 0 Å². The zero-order valence-electron chi connectivity index (χ0n) is 6.19. The van der Waals surface area contributed by atoms with Gasteiger partial charge in [-0.25, -0.2) is 0 Å². The summed E-state index contributed by atoms with van der Waals surface area (Å²) in [4.78, 5) is 12.8. The zero-order chi connectivity index (χ0) is 7.84. The molecule has 2 aliphatic rings. The van der Waals surface area contributed by atoms with Gasteiger partial charge in [-0.1, -0.05) is 0 Å². The summed E-state index contributed by atoms with van der Waals surface area (Å²) in [5, 5.41) is 9.60. The SMILES string of the molecule is O=C1C[C@H]2SC(CCO)CN12. The van der Waals surface area contributed by atoms with E-state index >= 15 is 0 Å². The fourth-order valence-corrected chi connectivity index (χ4v) is 3.08. The second kappa shape index (κ2) is 2.68. The zero-order valence-corrected chi connectivity index (χ0v) is 7.01. The number of β-lactam (4-membered cyclic amide) rings is 1. The summed E-state index contributed by atoms with van der Waals surface area (Å²) in [5.41, 5.74) is 0. The van der Waals surface area contributed by atoms with E-state index in [2.05, 4.69) is 0 Å². The molecule has 2 atom stereocenters. The maximum Gasteiger partial charge on any atom is 0.226 e. The van der Waals surface area contributed by atoms with Gasteiger partial charge in [-0.05, 0) is 6.42 Å². The van der Waals surface area contributed by atoms with Gasteiger partial charge in [0, 0.05) is 18.4 Å². The lowest BCUT2D eigenvalue weighted by atomic mass is 10.2. The highest BCUT2D eigenvalue weighted by molar-refractivity contribution is 8.00. The Hall–Kier alpha value is -0.220. The van der Waals surface area contributed by atoms with Gasteiger partial charge in [-0.2, -0.15) is 0 Å². The predicted molar refractivity (Wildman–Crippen MR) is 43.2 cm³/mol. The largest absolute Gasteiger partial charge is 0.396 e. The lowest BCUT2D eigenvalue weighted by Gasteiger charge is -2.32. The predicted octanol–water partition coefficient (Wildman–Crippen LogP) is 0.0426.